The van der Waals surface area contributed by atoms with Gasteiger partial charge in [-0.3, -0.25) is 10.8 Å². The third-order valence-electron chi connectivity index (χ3n) is 3.34. The molecule has 4 nitrogen and oxygen atoms in total. The maximum atomic E-state index is 6.20. The molecule has 0 saturated heterocycles. The molecule has 2 heterocycles. The molecule has 0 bridgehead atoms. The van der Waals surface area contributed by atoms with Gasteiger partial charge in [0.05, 0.1) is 17.7 Å². The molecule has 0 spiro atoms. The van der Waals surface area contributed by atoms with Crippen LogP contribution < -0.4 is 16.0 Å². The molecule has 1 aromatic heterocycles. The summed E-state index contributed by atoms with van der Waals surface area (Å²) in [4.78, 5) is 4.00. The van der Waals surface area contributed by atoms with Crippen molar-refractivity contribution in [2.45, 2.75) is 12.5 Å². The highest BCUT2D eigenvalue weighted by Gasteiger charge is 2.23. The van der Waals surface area contributed by atoms with E-state index >= 15 is 0 Å². The van der Waals surface area contributed by atoms with Gasteiger partial charge in [-0.05, 0) is 17.2 Å². The number of ether oxygens (including phenoxy) is 1. The highest BCUT2D eigenvalue weighted by atomic mass is 35.5. The first kappa shape index (κ1) is 12.4. The Balaban J connectivity index is 2.09. The lowest BCUT2D eigenvalue weighted by Gasteiger charge is -2.20. The fraction of sp³-hybridized carbons (Fsp3) is 0.214. The second kappa shape index (κ2) is 5.17. The predicted octanol–water partition coefficient (Wildman–Crippen LogP) is 2.22. The van der Waals surface area contributed by atoms with E-state index in [2.05, 4.69) is 16.5 Å². The van der Waals surface area contributed by atoms with E-state index in [1.165, 1.54) is 5.56 Å². The van der Waals surface area contributed by atoms with E-state index in [0.29, 0.717) is 11.6 Å². The van der Waals surface area contributed by atoms with Crippen LogP contribution in [0.15, 0.2) is 36.7 Å². The Morgan fingerprint density at radius 1 is 1.32 bits per heavy atom. The zero-order chi connectivity index (χ0) is 13.2. The number of rotatable bonds is 3. The van der Waals surface area contributed by atoms with Gasteiger partial charge in [-0.15, -0.1) is 0 Å². The SMILES string of the molecule is NNC(c1ccncc1Cl)c1cccc2c1OCC2. The van der Waals surface area contributed by atoms with Crippen molar-refractivity contribution in [2.75, 3.05) is 6.61 Å². The molecule has 98 valence electrons. The molecule has 3 N–H and O–H groups in total. The van der Waals surface area contributed by atoms with E-state index in [9.17, 15) is 0 Å². The summed E-state index contributed by atoms with van der Waals surface area (Å²) in [5.74, 6) is 6.63. The molecule has 0 fully saturated rings. The van der Waals surface area contributed by atoms with Crippen LogP contribution in [0.2, 0.25) is 5.02 Å². The Morgan fingerprint density at radius 2 is 2.21 bits per heavy atom. The lowest BCUT2D eigenvalue weighted by Crippen LogP contribution is -2.29. The Bertz CT molecular complexity index is 603. The van der Waals surface area contributed by atoms with Crippen LogP contribution in [0, 0.1) is 0 Å². The minimum Gasteiger partial charge on any atom is -0.493 e. The van der Waals surface area contributed by atoms with Gasteiger partial charge in [-0.1, -0.05) is 29.8 Å². The fourth-order valence-electron chi connectivity index (χ4n) is 2.44. The second-order valence-corrected chi connectivity index (χ2v) is 4.84. The van der Waals surface area contributed by atoms with E-state index in [1.54, 1.807) is 12.4 Å². The molecule has 0 saturated carbocycles. The molecule has 0 radical (unpaired) electrons. The van der Waals surface area contributed by atoms with Crippen LogP contribution in [0.25, 0.3) is 0 Å². The molecule has 1 aromatic carbocycles. The van der Waals surface area contributed by atoms with Crippen LogP contribution in [-0.4, -0.2) is 11.6 Å². The number of nitrogens with one attached hydrogen (secondary N) is 1. The lowest BCUT2D eigenvalue weighted by atomic mass is 9.97. The van der Waals surface area contributed by atoms with E-state index < -0.39 is 0 Å². The number of hydrogen-bond donors (Lipinski definition) is 2. The summed E-state index contributed by atoms with van der Waals surface area (Å²) in [6, 6.07) is 7.76. The number of nitrogens with zero attached hydrogens (tertiary/aromatic N) is 1. The van der Waals surface area contributed by atoms with Crippen molar-refractivity contribution in [3.05, 3.63) is 58.4 Å². The number of benzene rings is 1. The smallest absolute Gasteiger partial charge is 0.127 e. The zero-order valence-corrected chi connectivity index (χ0v) is 11.0. The summed E-state index contributed by atoms with van der Waals surface area (Å²) in [5, 5.41) is 0.584. The van der Waals surface area contributed by atoms with Crippen molar-refractivity contribution in [1.29, 1.82) is 0 Å². The highest BCUT2D eigenvalue weighted by Crippen LogP contribution is 2.37. The monoisotopic (exact) mass is 275 g/mol. The Labute approximate surface area is 116 Å². The largest absolute Gasteiger partial charge is 0.493 e. The Hall–Kier alpha value is -1.62. The maximum Gasteiger partial charge on any atom is 0.127 e. The van der Waals surface area contributed by atoms with Crippen molar-refractivity contribution >= 4 is 11.6 Å². The zero-order valence-electron chi connectivity index (χ0n) is 10.3. The van der Waals surface area contributed by atoms with Crippen molar-refractivity contribution < 1.29 is 4.74 Å². The minimum atomic E-state index is -0.205. The average molecular weight is 276 g/mol. The number of halogens is 1. The summed E-state index contributed by atoms with van der Waals surface area (Å²) in [7, 11) is 0. The van der Waals surface area contributed by atoms with Gasteiger partial charge in [0.15, 0.2) is 0 Å². The summed E-state index contributed by atoms with van der Waals surface area (Å²) in [6.45, 7) is 0.716. The predicted molar refractivity (Wildman–Crippen MR) is 74.1 cm³/mol. The third-order valence-corrected chi connectivity index (χ3v) is 3.65. The quantitative estimate of drug-likeness (QED) is 0.666. The average Bonchev–Trinajstić information content (AvgIpc) is 2.91. The van der Waals surface area contributed by atoms with Gasteiger partial charge in [0.2, 0.25) is 0 Å². The first-order valence-corrected chi connectivity index (χ1v) is 6.49. The van der Waals surface area contributed by atoms with Gasteiger partial charge in [-0.25, -0.2) is 5.43 Å². The number of hydrazine groups is 1. The molecule has 19 heavy (non-hydrogen) atoms. The van der Waals surface area contributed by atoms with Crippen molar-refractivity contribution in [2.24, 2.45) is 5.84 Å². The topological polar surface area (TPSA) is 60.2 Å². The van der Waals surface area contributed by atoms with Crippen LogP contribution in [0.1, 0.15) is 22.7 Å². The van der Waals surface area contributed by atoms with Crippen molar-refractivity contribution in [3.63, 3.8) is 0 Å². The molecule has 3 rings (SSSR count). The molecule has 2 aromatic rings. The minimum absolute atomic E-state index is 0.205. The van der Waals surface area contributed by atoms with Gasteiger partial charge < -0.3 is 4.74 Å². The van der Waals surface area contributed by atoms with Gasteiger partial charge in [0.1, 0.15) is 5.75 Å². The standard InChI is InChI=1S/C14H14ClN3O/c15-12-8-17-6-4-10(12)13(18-16)11-3-1-2-9-5-7-19-14(9)11/h1-4,6,8,13,18H,5,7,16H2. The van der Waals surface area contributed by atoms with E-state index in [-0.39, 0.29) is 6.04 Å². The number of hydrogen-bond acceptors (Lipinski definition) is 4. The molecule has 1 atom stereocenters. The third kappa shape index (κ3) is 2.18. The van der Waals surface area contributed by atoms with Crippen LogP contribution in [-0.2, 0) is 6.42 Å². The van der Waals surface area contributed by atoms with Gasteiger partial charge in [-0.2, -0.15) is 0 Å². The molecule has 0 amide bonds. The van der Waals surface area contributed by atoms with Crippen LogP contribution >= 0.6 is 11.6 Å². The summed E-state index contributed by atoms with van der Waals surface area (Å²) < 4.78 is 5.72. The molecule has 0 aliphatic carbocycles. The fourth-order valence-corrected chi connectivity index (χ4v) is 2.66. The number of fused-ring (bicyclic) bond motifs is 1. The molecule has 5 heteroatoms. The number of nitrogens with two attached hydrogens (primary N) is 1. The first-order valence-electron chi connectivity index (χ1n) is 6.11. The van der Waals surface area contributed by atoms with Crippen LogP contribution in [0.4, 0.5) is 0 Å². The van der Waals surface area contributed by atoms with Crippen molar-refractivity contribution in [3.8, 4) is 5.75 Å². The van der Waals surface area contributed by atoms with Gasteiger partial charge in [0, 0.05) is 24.4 Å². The summed E-state index contributed by atoms with van der Waals surface area (Å²) in [5.41, 5.74) is 5.92. The number of para-hydroxylation sites is 1. The molecule has 1 unspecified atom stereocenters. The number of aromatic nitrogens is 1. The van der Waals surface area contributed by atoms with Gasteiger partial charge >= 0.3 is 0 Å². The normalized spacial score (nSPS) is 14.8. The second-order valence-electron chi connectivity index (χ2n) is 4.43. The first-order chi connectivity index (χ1) is 9.31. The molecule has 1 aliphatic rings. The highest BCUT2D eigenvalue weighted by molar-refractivity contribution is 6.31. The molecular weight excluding hydrogens is 262 g/mol. The maximum absolute atomic E-state index is 6.20. The van der Waals surface area contributed by atoms with E-state index in [0.717, 1.165) is 23.3 Å². The van der Waals surface area contributed by atoms with E-state index in [1.807, 2.05) is 18.2 Å². The summed E-state index contributed by atoms with van der Waals surface area (Å²) >= 11 is 6.20. The lowest BCUT2D eigenvalue weighted by molar-refractivity contribution is 0.350. The van der Waals surface area contributed by atoms with Crippen molar-refractivity contribution in [1.82, 2.24) is 10.4 Å². The van der Waals surface area contributed by atoms with Crippen LogP contribution in [0.5, 0.6) is 5.75 Å². The Morgan fingerprint density at radius 3 is 3.00 bits per heavy atom. The number of pyridine rings is 1. The van der Waals surface area contributed by atoms with Gasteiger partial charge in [0.25, 0.3) is 0 Å². The molecular formula is C14H14ClN3O. The van der Waals surface area contributed by atoms with Crippen LogP contribution in [0.3, 0.4) is 0 Å². The molecule has 1 aliphatic heterocycles. The van der Waals surface area contributed by atoms with E-state index in [4.69, 9.17) is 22.2 Å². The summed E-state index contributed by atoms with van der Waals surface area (Å²) in [6.07, 6.45) is 4.26. The Kier molecular flexibility index (Phi) is 3.38.